The summed E-state index contributed by atoms with van der Waals surface area (Å²) in [6, 6.07) is 3.95. The zero-order valence-corrected chi connectivity index (χ0v) is 14.2. The third kappa shape index (κ3) is 2.65. The number of hydrogen-bond donors (Lipinski definition) is 3. The topological polar surface area (TPSA) is 91.9 Å². The van der Waals surface area contributed by atoms with Crippen molar-refractivity contribution in [1.82, 2.24) is 10.2 Å². The van der Waals surface area contributed by atoms with Gasteiger partial charge in [-0.2, -0.15) is 0 Å². The first-order valence-electron chi connectivity index (χ1n) is 9.22. The summed E-state index contributed by atoms with van der Waals surface area (Å²) in [6.45, 7) is 3.41. The van der Waals surface area contributed by atoms with E-state index in [4.69, 9.17) is 4.74 Å². The molecule has 25 heavy (non-hydrogen) atoms. The fourth-order valence-corrected chi connectivity index (χ4v) is 4.60. The number of aliphatic hydroxyl groups is 1. The van der Waals surface area contributed by atoms with Crippen molar-refractivity contribution in [2.75, 3.05) is 32.8 Å². The van der Waals surface area contributed by atoms with Gasteiger partial charge in [-0.05, 0) is 23.1 Å². The zero-order chi connectivity index (χ0) is 17.2. The number of rotatable bonds is 6. The van der Waals surface area contributed by atoms with Gasteiger partial charge in [0.25, 0.3) is 0 Å². The van der Waals surface area contributed by atoms with Crippen LogP contribution < -0.4 is 10.1 Å². The molecule has 3 unspecified atom stereocenters. The zero-order valence-electron chi connectivity index (χ0n) is 14.2. The average molecular weight is 342 g/mol. The van der Waals surface area contributed by atoms with Crippen molar-refractivity contribution in [3.8, 4) is 5.75 Å². The summed E-state index contributed by atoms with van der Waals surface area (Å²) < 4.78 is 6.05. The summed E-state index contributed by atoms with van der Waals surface area (Å²) in [5, 5.41) is 22.3. The van der Waals surface area contributed by atoms with Crippen molar-refractivity contribution in [2.45, 2.75) is 36.1 Å². The number of ether oxygens (including phenoxy) is 1. The first-order valence-corrected chi connectivity index (χ1v) is 9.22. The number of fused-ring (bicyclic) bond motifs is 3. The second-order valence-corrected chi connectivity index (χ2v) is 8.18. The van der Waals surface area contributed by atoms with E-state index in [9.17, 15) is 15.0 Å². The first-order chi connectivity index (χ1) is 12.1. The van der Waals surface area contributed by atoms with Gasteiger partial charge in [0.1, 0.15) is 24.7 Å². The lowest BCUT2D eigenvalue weighted by Gasteiger charge is -2.40. The highest BCUT2D eigenvalue weighted by Crippen LogP contribution is 2.57. The van der Waals surface area contributed by atoms with Gasteiger partial charge in [-0.15, -0.1) is 0 Å². The number of aliphatic hydroxyl groups excluding tert-OH is 1. The molecule has 3 heterocycles. The predicted molar refractivity (Wildman–Crippen MR) is 94.0 cm³/mol. The Morgan fingerprint density at radius 3 is 2.92 bits per heavy atom. The van der Waals surface area contributed by atoms with Crippen LogP contribution in [0.1, 0.15) is 33.8 Å². The normalized spacial score (nSPS) is 32.8. The SMILES string of the molecule is O=C(O)c1c(OC2CN(CC3(CO)CN3)C2)ccc2c1CBC1CC21. The van der Waals surface area contributed by atoms with Gasteiger partial charge < -0.3 is 20.3 Å². The average Bonchev–Trinajstić information content (AvgIpc) is 3.46. The Hall–Kier alpha value is -1.57. The quantitative estimate of drug-likeness (QED) is 0.498. The lowest BCUT2D eigenvalue weighted by Crippen LogP contribution is -2.57. The van der Waals surface area contributed by atoms with Gasteiger partial charge in [-0.25, -0.2) is 4.79 Å². The molecule has 0 spiro atoms. The second-order valence-electron chi connectivity index (χ2n) is 8.18. The van der Waals surface area contributed by atoms with Crippen LogP contribution in [0.25, 0.3) is 0 Å². The van der Waals surface area contributed by atoms with Crippen LogP contribution >= 0.6 is 0 Å². The molecule has 3 atom stereocenters. The van der Waals surface area contributed by atoms with E-state index in [1.54, 1.807) is 0 Å². The Morgan fingerprint density at radius 2 is 2.24 bits per heavy atom. The fraction of sp³-hybridized carbons (Fsp3) is 0.611. The van der Waals surface area contributed by atoms with Gasteiger partial charge in [0.2, 0.25) is 0 Å². The summed E-state index contributed by atoms with van der Waals surface area (Å²) in [5.74, 6) is 1.01. The third-order valence-electron chi connectivity index (χ3n) is 6.33. The molecule has 6 nitrogen and oxygen atoms in total. The standard InChI is InChI=1S/C18H23BN2O4/c22-9-18(7-20-18)8-21-5-10(6-21)25-15-2-1-11-12-3-14(12)19-4-13(11)16(15)17(23)24/h1-2,10,12,14,19-20,22H,3-9H2,(H,23,24). The van der Waals surface area contributed by atoms with E-state index < -0.39 is 5.97 Å². The van der Waals surface area contributed by atoms with Crippen LogP contribution in [0.3, 0.4) is 0 Å². The molecule has 3 N–H and O–H groups in total. The van der Waals surface area contributed by atoms with Gasteiger partial charge in [0.15, 0.2) is 0 Å². The Labute approximate surface area is 147 Å². The van der Waals surface area contributed by atoms with Crippen LogP contribution in [0, 0.1) is 0 Å². The van der Waals surface area contributed by atoms with Crippen molar-refractivity contribution in [2.24, 2.45) is 0 Å². The summed E-state index contributed by atoms with van der Waals surface area (Å²) in [6.07, 6.45) is 2.10. The lowest BCUT2D eigenvalue weighted by atomic mass is 9.60. The van der Waals surface area contributed by atoms with Gasteiger partial charge in [-0.3, -0.25) is 4.90 Å². The van der Waals surface area contributed by atoms with E-state index in [1.165, 1.54) is 12.0 Å². The minimum absolute atomic E-state index is 0.0305. The van der Waals surface area contributed by atoms with E-state index in [1.807, 2.05) is 6.07 Å². The van der Waals surface area contributed by atoms with Crippen LogP contribution in [0.2, 0.25) is 5.82 Å². The molecular formula is C18H23BN2O4. The van der Waals surface area contributed by atoms with Crippen molar-refractivity contribution >= 4 is 13.2 Å². The molecule has 0 radical (unpaired) electrons. The van der Waals surface area contributed by atoms with Crippen LogP contribution in [0.5, 0.6) is 5.75 Å². The molecule has 0 bridgehead atoms. The van der Waals surface area contributed by atoms with Crippen molar-refractivity contribution in [3.05, 3.63) is 28.8 Å². The lowest BCUT2D eigenvalue weighted by molar-refractivity contribution is 0.00869. The second kappa shape index (κ2) is 5.46. The van der Waals surface area contributed by atoms with Crippen LogP contribution in [-0.2, 0) is 6.32 Å². The summed E-state index contributed by atoms with van der Waals surface area (Å²) >= 11 is 0. The number of benzene rings is 1. The van der Waals surface area contributed by atoms with Crippen LogP contribution in [0.4, 0.5) is 0 Å². The molecule has 4 aliphatic rings. The minimum Gasteiger partial charge on any atom is -0.487 e. The number of nitrogens with one attached hydrogen (secondary N) is 1. The first kappa shape index (κ1) is 15.7. The molecule has 1 aliphatic carbocycles. The number of nitrogens with zero attached hydrogens (tertiary/aromatic N) is 1. The number of aromatic carboxylic acids is 1. The van der Waals surface area contributed by atoms with Gasteiger partial charge in [0.05, 0.1) is 12.1 Å². The smallest absolute Gasteiger partial charge is 0.339 e. The maximum absolute atomic E-state index is 11.9. The molecule has 0 aromatic heterocycles. The van der Waals surface area contributed by atoms with Crippen molar-refractivity contribution < 1.29 is 19.7 Å². The molecule has 1 aromatic rings. The van der Waals surface area contributed by atoms with Gasteiger partial charge >= 0.3 is 5.97 Å². The molecule has 2 saturated heterocycles. The highest BCUT2D eigenvalue weighted by molar-refractivity contribution is 6.40. The number of carboxylic acid groups (broad SMARTS) is 1. The molecule has 1 aromatic carbocycles. The minimum atomic E-state index is -0.872. The molecule has 5 rings (SSSR count). The van der Waals surface area contributed by atoms with Crippen LogP contribution in [-0.4, -0.2) is 72.8 Å². The summed E-state index contributed by atoms with van der Waals surface area (Å²) in [5.41, 5.74) is 2.50. The molecule has 3 fully saturated rings. The summed E-state index contributed by atoms with van der Waals surface area (Å²) in [4.78, 5) is 14.1. The maximum Gasteiger partial charge on any atom is 0.339 e. The van der Waals surface area contributed by atoms with Crippen LogP contribution in [0.15, 0.2) is 12.1 Å². The number of carboxylic acids is 1. The predicted octanol–water partition coefficient (Wildman–Crippen LogP) is 0.00800. The Morgan fingerprint density at radius 1 is 1.44 bits per heavy atom. The molecule has 0 amide bonds. The summed E-state index contributed by atoms with van der Waals surface area (Å²) in [7, 11) is 1.11. The number of likely N-dealkylation sites (tertiary alicyclic amines) is 1. The molecular weight excluding hydrogens is 319 g/mol. The molecule has 1 saturated carbocycles. The molecule has 7 heteroatoms. The van der Waals surface area contributed by atoms with Gasteiger partial charge in [0, 0.05) is 26.2 Å². The van der Waals surface area contributed by atoms with Gasteiger partial charge in [-0.1, -0.05) is 24.6 Å². The fourth-order valence-electron chi connectivity index (χ4n) is 4.60. The van der Waals surface area contributed by atoms with E-state index >= 15 is 0 Å². The van der Waals surface area contributed by atoms with E-state index in [2.05, 4.69) is 16.3 Å². The Balaban J connectivity index is 1.29. The highest BCUT2D eigenvalue weighted by Gasteiger charge is 2.46. The number of carbonyl (C=O) groups is 1. The van der Waals surface area contributed by atoms with E-state index in [-0.39, 0.29) is 18.2 Å². The largest absolute Gasteiger partial charge is 0.487 e. The van der Waals surface area contributed by atoms with E-state index in [0.717, 1.165) is 51.2 Å². The van der Waals surface area contributed by atoms with E-state index in [0.29, 0.717) is 17.2 Å². The van der Waals surface area contributed by atoms with Crippen molar-refractivity contribution in [1.29, 1.82) is 0 Å². The van der Waals surface area contributed by atoms with Crippen molar-refractivity contribution in [3.63, 3.8) is 0 Å². The number of hydrogen-bond acceptors (Lipinski definition) is 5. The third-order valence-corrected chi connectivity index (χ3v) is 6.33. The molecule has 3 aliphatic heterocycles. The highest BCUT2D eigenvalue weighted by atomic mass is 16.5. The monoisotopic (exact) mass is 342 g/mol. The molecule has 132 valence electrons. The maximum atomic E-state index is 11.9. The Bertz CT molecular complexity index is 730. The Kier molecular flexibility index (Phi) is 3.42.